The fraction of sp³-hybridized carbons (Fsp3) is 0.600. The number of rotatable bonds is 4. The van der Waals surface area contributed by atoms with E-state index < -0.39 is 6.09 Å². The zero-order valence-electron chi connectivity index (χ0n) is 16.4. The average molecular weight is 393 g/mol. The van der Waals surface area contributed by atoms with Crippen molar-refractivity contribution >= 4 is 17.7 Å². The Bertz CT molecular complexity index is 744. The van der Waals surface area contributed by atoms with Crippen molar-refractivity contribution in [1.82, 2.24) is 25.5 Å². The maximum Gasteiger partial charge on any atom is 0.405 e. The van der Waals surface area contributed by atoms with E-state index >= 15 is 0 Å². The summed E-state index contributed by atoms with van der Waals surface area (Å²) >= 11 is 0. The lowest BCUT2D eigenvalue weighted by molar-refractivity contribution is 0.189. The van der Waals surface area contributed by atoms with Gasteiger partial charge < -0.3 is 15.7 Å². The highest BCUT2D eigenvalue weighted by Crippen LogP contribution is 2.38. The van der Waals surface area contributed by atoms with E-state index in [9.17, 15) is 4.79 Å². The van der Waals surface area contributed by atoms with E-state index in [4.69, 9.17) is 5.11 Å². The monoisotopic (exact) mass is 392 g/mol. The van der Waals surface area contributed by atoms with Crippen LogP contribution in [0.5, 0.6) is 0 Å². The Balaban J connectivity index is 0.000000481. The van der Waals surface area contributed by atoms with Crippen molar-refractivity contribution in [2.45, 2.75) is 76.2 Å². The normalized spacial score (nSPS) is 18.8. The third-order valence-electron chi connectivity index (χ3n) is 5.07. The summed E-state index contributed by atoms with van der Waals surface area (Å²) in [7, 11) is 0. The van der Waals surface area contributed by atoms with Gasteiger partial charge in [0.05, 0.1) is 18.1 Å². The summed E-state index contributed by atoms with van der Waals surface area (Å²) < 4.78 is 0. The minimum absolute atomic E-state index is 0. The molecule has 4 N–H and O–H groups in total. The highest BCUT2D eigenvalue weighted by atomic mass is 16.4. The van der Waals surface area contributed by atoms with E-state index in [1.54, 1.807) is 12.4 Å². The number of aromatic amines is 1. The summed E-state index contributed by atoms with van der Waals surface area (Å²) in [6.45, 7) is 1.90. The van der Waals surface area contributed by atoms with E-state index in [-0.39, 0.29) is 9.82 Å². The minimum atomic E-state index is -0.912. The molecule has 0 bridgehead atoms. The number of anilines is 2. The van der Waals surface area contributed by atoms with E-state index in [0.29, 0.717) is 5.92 Å². The molecule has 3 aliphatic carbocycles. The van der Waals surface area contributed by atoms with Crippen LogP contribution in [-0.2, 0) is 0 Å². The van der Waals surface area contributed by atoms with Gasteiger partial charge in [-0.1, -0.05) is 32.1 Å². The summed E-state index contributed by atoms with van der Waals surface area (Å²) in [5.41, 5.74) is 1.01. The first-order valence-electron chi connectivity index (χ1n) is 10.1. The van der Waals surface area contributed by atoms with Crippen LogP contribution in [0.25, 0.3) is 0 Å². The number of carboxylic acid groups (broad SMARTS) is 1. The molecule has 1 amide bonds. The van der Waals surface area contributed by atoms with Crippen molar-refractivity contribution in [2.75, 3.05) is 5.32 Å². The third kappa shape index (κ3) is 7.17. The van der Waals surface area contributed by atoms with Crippen LogP contribution in [0.3, 0.4) is 0 Å². The second-order valence-electron chi connectivity index (χ2n) is 7.96. The number of nitrogens with zero attached hydrogens (tertiary/aromatic N) is 3. The Morgan fingerprint density at radius 1 is 1.21 bits per heavy atom. The highest BCUT2D eigenvalue weighted by molar-refractivity contribution is 5.66. The fourth-order valence-corrected chi connectivity index (χ4v) is 2.94. The first kappa shape index (κ1) is 20.1. The Labute approximate surface area is 170 Å². The van der Waals surface area contributed by atoms with Gasteiger partial charge in [0.2, 0.25) is 0 Å². The quantitative estimate of drug-likeness (QED) is 0.560. The standard InChI is InChI=1S/C10H11N5.C5H9NO2.C5H10.3H2/c1-2-7(1)8-5-11-6-10(13-8)14-9-3-4-12-15-9;1-5(2-3-5)6-4(7)8;1-2-4-5-3-1;;;/h3-7H,1-2H2,(H2,12,13,14,15);6H,2-3H2,1H3,(H,7,8);1-5H2;3*1H. The molecule has 0 spiro atoms. The van der Waals surface area contributed by atoms with Crippen molar-refractivity contribution < 1.29 is 14.2 Å². The second kappa shape index (κ2) is 9.52. The van der Waals surface area contributed by atoms with Crippen LogP contribution in [0.15, 0.2) is 24.7 Å². The van der Waals surface area contributed by atoms with Gasteiger partial charge in [-0.05, 0) is 32.6 Å². The smallest absolute Gasteiger partial charge is 0.405 e. The van der Waals surface area contributed by atoms with E-state index in [1.165, 1.54) is 44.9 Å². The molecule has 8 nitrogen and oxygen atoms in total. The lowest BCUT2D eigenvalue weighted by Crippen LogP contribution is -2.32. The number of aromatic nitrogens is 4. The molecule has 3 fully saturated rings. The molecule has 0 aromatic carbocycles. The molecule has 0 atom stereocenters. The summed E-state index contributed by atoms with van der Waals surface area (Å²) in [6, 6.07) is 1.85. The predicted molar refractivity (Wildman–Crippen MR) is 114 cm³/mol. The van der Waals surface area contributed by atoms with Crippen LogP contribution in [0.2, 0.25) is 0 Å². The van der Waals surface area contributed by atoms with Gasteiger partial charge in [0.15, 0.2) is 0 Å². The van der Waals surface area contributed by atoms with Gasteiger partial charge >= 0.3 is 6.09 Å². The lowest BCUT2D eigenvalue weighted by Gasteiger charge is -2.04. The van der Waals surface area contributed by atoms with Crippen LogP contribution >= 0.6 is 0 Å². The van der Waals surface area contributed by atoms with Gasteiger partial charge in [0.1, 0.15) is 11.6 Å². The molecule has 3 aliphatic rings. The van der Waals surface area contributed by atoms with E-state index in [1.807, 2.05) is 19.2 Å². The molecule has 0 unspecified atom stereocenters. The van der Waals surface area contributed by atoms with Gasteiger partial charge in [0.25, 0.3) is 0 Å². The zero-order chi connectivity index (χ0) is 19.8. The molecule has 2 aromatic heterocycles. The number of hydrogen-bond acceptors (Lipinski definition) is 5. The van der Waals surface area contributed by atoms with Crippen LogP contribution in [-0.4, -0.2) is 36.9 Å². The molecule has 0 radical (unpaired) electrons. The van der Waals surface area contributed by atoms with Crippen molar-refractivity contribution in [3.8, 4) is 0 Å². The zero-order valence-corrected chi connectivity index (χ0v) is 16.4. The van der Waals surface area contributed by atoms with E-state index in [2.05, 4.69) is 30.8 Å². The number of carbonyl (C=O) groups is 1. The Morgan fingerprint density at radius 3 is 2.36 bits per heavy atom. The molecule has 0 aliphatic heterocycles. The number of amides is 1. The maximum absolute atomic E-state index is 9.94. The Hall–Kier alpha value is -2.64. The third-order valence-corrected chi connectivity index (χ3v) is 5.07. The van der Waals surface area contributed by atoms with Gasteiger partial charge in [-0.3, -0.25) is 10.1 Å². The SMILES string of the molecule is C1CCCC1.CC1(NC(=O)O)CC1.[HH].[HH].[HH].c1cc(Nc2cncc(C3CC3)n2)[nH]n1. The minimum Gasteiger partial charge on any atom is -0.465 e. The summed E-state index contributed by atoms with van der Waals surface area (Å²) in [4.78, 5) is 18.6. The van der Waals surface area contributed by atoms with Crippen molar-refractivity contribution in [3.63, 3.8) is 0 Å². The number of H-pyrrole nitrogens is 1. The summed E-state index contributed by atoms with van der Waals surface area (Å²) in [5.74, 6) is 2.22. The molecular formula is C20H36N6O2. The average Bonchev–Trinajstić information content (AvgIpc) is 3.48. The highest BCUT2D eigenvalue weighted by Gasteiger charge is 2.38. The maximum atomic E-state index is 9.94. The molecule has 2 aromatic rings. The molecular weight excluding hydrogens is 356 g/mol. The van der Waals surface area contributed by atoms with Crippen LogP contribution in [0.4, 0.5) is 16.4 Å². The molecule has 8 heteroatoms. The van der Waals surface area contributed by atoms with Crippen LogP contribution in [0.1, 0.15) is 80.6 Å². The molecule has 2 heterocycles. The van der Waals surface area contributed by atoms with Crippen molar-refractivity contribution in [1.29, 1.82) is 0 Å². The summed E-state index contributed by atoms with van der Waals surface area (Å²) in [6.07, 6.45) is 16.3. The Morgan fingerprint density at radius 2 is 1.89 bits per heavy atom. The molecule has 0 saturated heterocycles. The predicted octanol–water partition coefficient (Wildman–Crippen LogP) is 5.32. The topological polar surface area (TPSA) is 116 Å². The van der Waals surface area contributed by atoms with Gasteiger partial charge in [0, 0.05) is 28.0 Å². The number of nitrogens with one attached hydrogen (secondary N) is 3. The molecule has 28 heavy (non-hydrogen) atoms. The van der Waals surface area contributed by atoms with Crippen molar-refractivity contribution in [3.05, 3.63) is 30.4 Å². The van der Waals surface area contributed by atoms with Gasteiger partial charge in [-0.25, -0.2) is 9.78 Å². The number of hydrogen-bond donors (Lipinski definition) is 4. The second-order valence-corrected chi connectivity index (χ2v) is 7.96. The molecule has 158 valence electrons. The largest absolute Gasteiger partial charge is 0.465 e. The Kier molecular flexibility index (Phi) is 6.84. The van der Waals surface area contributed by atoms with E-state index in [0.717, 1.165) is 30.2 Å². The molecule has 3 saturated carbocycles. The van der Waals surface area contributed by atoms with Gasteiger partial charge in [-0.15, -0.1) is 0 Å². The van der Waals surface area contributed by atoms with Crippen molar-refractivity contribution in [2.24, 2.45) is 0 Å². The van der Waals surface area contributed by atoms with Gasteiger partial charge in [-0.2, -0.15) is 5.10 Å². The first-order chi connectivity index (χ1) is 13.5. The fourth-order valence-electron chi connectivity index (χ4n) is 2.94. The molecule has 5 rings (SSSR count). The van der Waals surface area contributed by atoms with Crippen LogP contribution < -0.4 is 10.6 Å². The summed E-state index contributed by atoms with van der Waals surface area (Å²) in [5, 5.41) is 20.4. The first-order valence-corrected chi connectivity index (χ1v) is 10.1. The van der Waals surface area contributed by atoms with Crippen LogP contribution in [0, 0.1) is 0 Å². The lowest BCUT2D eigenvalue weighted by atomic mass is 10.3.